The van der Waals surface area contributed by atoms with Crippen molar-refractivity contribution in [3.63, 3.8) is 0 Å². The maximum absolute atomic E-state index is 9.88. The van der Waals surface area contributed by atoms with Gasteiger partial charge in [0.25, 0.3) is 0 Å². The van der Waals surface area contributed by atoms with Crippen LogP contribution in [0.15, 0.2) is 48.5 Å². The molecule has 1 fully saturated rings. The summed E-state index contributed by atoms with van der Waals surface area (Å²) in [5.41, 5.74) is 3.64. The molecule has 3 aromatic rings. The fourth-order valence-corrected chi connectivity index (χ4v) is 3.32. The van der Waals surface area contributed by atoms with E-state index in [1.165, 1.54) is 0 Å². The third-order valence-corrected chi connectivity index (χ3v) is 4.55. The summed E-state index contributed by atoms with van der Waals surface area (Å²) in [4.78, 5) is 6.90. The van der Waals surface area contributed by atoms with Gasteiger partial charge >= 0.3 is 0 Å². The molecule has 1 N–H and O–H groups in total. The Morgan fingerprint density at radius 2 is 1.96 bits per heavy atom. The standard InChI is InChI=1S/C19H18N4O/c20-11-14-5-1-2-6-15(14)12-23-18-8-4-3-7-17(18)21-19(23)22-10-9-16(24)13-22/h1-8,16,24H,9-10,12-13H2. The second-order valence-corrected chi connectivity index (χ2v) is 6.14. The Kier molecular flexibility index (Phi) is 3.68. The number of imidazole rings is 1. The summed E-state index contributed by atoms with van der Waals surface area (Å²) < 4.78 is 2.14. The van der Waals surface area contributed by atoms with Gasteiger partial charge < -0.3 is 14.6 Å². The lowest BCUT2D eigenvalue weighted by Crippen LogP contribution is -2.25. The van der Waals surface area contributed by atoms with E-state index >= 15 is 0 Å². The second kappa shape index (κ2) is 5.99. The minimum absolute atomic E-state index is 0.301. The van der Waals surface area contributed by atoms with E-state index in [0.717, 1.165) is 35.5 Å². The van der Waals surface area contributed by atoms with Crippen LogP contribution in [-0.2, 0) is 6.54 Å². The molecule has 0 saturated carbocycles. The number of fused-ring (bicyclic) bond motifs is 1. The van der Waals surface area contributed by atoms with E-state index in [2.05, 4.69) is 15.5 Å². The lowest BCUT2D eigenvalue weighted by Gasteiger charge is -2.19. The van der Waals surface area contributed by atoms with Gasteiger partial charge in [-0.05, 0) is 30.2 Å². The first-order valence-corrected chi connectivity index (χ1v) is 8.12. The number of anilines is 1. The predicted octanol–water partition coefficient (Wildman–Crippen LogP) is 2.53. The number of nitriles is 1. The Morgan fingerprint density at radius 1 is 1.17 bits per heavy atom. The van der Waals surface area contributed by atoms with Crippen molar-refractivity contribution in [2.75, 3.05) is 18.0 Å². The van der Waals surface area contributed by atoms with Gasteiger partial charge in [0.2, 0.25) is 5.95 Å². The van der Waals surface area contributed by atoms with Crippen LogP contribution in [0.4, 0.5) is 5.95 Å². The van der Waals surface area contributed by atoms with Crippen molar-refractivity contribution in [2.45, 2.75) is 19.1 Å². The first-order chi connectivity index (χ1) is 11.8. The Bertz CT molecular complexity index is 925. The van der Waals surface area contributed by atoms with Gasteiger partial charge in [-0.1, -0.05) is 30.3 Å². The van der Waals surface area contributed by atoms with Gasteiger partial charge in [-0.3, -0.25) is 0 Å². The molecule has 120 valence electrons. The van der Waals surface area contributed by atoms with Crippen LogP contribution in [-0.4, -0.2) is 33.9 Å². The lowest BCUT2D eigenvalue weighted by molar-refractivity contribution is 0.198. The number of aliphatic hydroxyl groups is 1. The summed E-state index contributed by atoms with van der Waals surface area (Å²) in [5.74, 6) is 0.862. The van der Waals surface area contributed by atoms with E-state index in [4.69, 9.17) is 4.98 Å². The van der Waals surface area contributed by atoms with Crippen molar-refractivity contribution in [3.8, 4) is 6.07 Å². The van der Waals surface area contributed by atoms with Gasteiger partial charge in [0.1, 0.15) is 0 Å². The molecule has 5 nitrogen and oxygen atoms in total. The number of hydrogen-bond acceptors (Lipinski definition) is 4. The maximum Gasteiger partial charge on any atom is 0.206 e. The number of aliphatic hydroxyl groups excluding tert-OH is 1. The first kappa shape index (κ1) is 14.7. The molecule has 1 saturated heterocycles. The highest BCUT2D eigenvalue weighted by Gasteiger charge is 2.25. The third kappa shape index (κ3) is 2.51. The van der Waals surface area contributed by atoms with E-state index in [0.29, 0.717) is 18.7 Å². The van der Waals surface area contributed by atoms with Crippen LogP contribution in [0.25, 0.3) is 11.0 Å². The highest BCUT2D eigenvalue weighted by Crippen LogP contribution is 2.27. The largest absolute Gasteiger partial charge is 0.391 e. The number of para-hydroxylation sites is 2. The first-order valence-electron chi connectivity index (χ1n) is 8.12. The molecule has 0 aliphatic carbocycles. The van der Waals surface area contributed by atoms with E-state index in [1.807, 2.05) is 48.5 Å². The van der Waals surface area contributed by atoms with E-state index < -0.39 is 0 Å². The molecule has 1 aromatic heterocycles. The smallest absolute Gasteiger partial charge is 0.206 e. The zero-order valence-corrected chi connectivity index (χ0v) is 13.3. The highest BCUT2D eigenvalue weighted by atomic mass is 16.3. The molecule has 0 bridgehead atoms. The molecule has 24 heavy (non-hydrogen) atoms. The summed E-state index contributed by atoms with van der Waals surface area (Å²) >= 11 is 0. The molecule has 1 aliphatic rings. The molecule has 2 heterocycles. The van der Waals surface area contributed by atoms with Gasteiger partial charge in [0, 0.05) is 13.1 Å². The molecular weight excluding hydrogens is 300 g/mol. The lowest BCUT2D eigenvalue weighted by atomic mass is 10.1. The zero-order chi connectivity index (χ0) is 16.5. The molecule has 0 amide bonds. The van der Waals surface area contributed by atoms with Gasteiger partial charge in [-0.15, -0.1) is 0 Å². The molecule has 2 aromatic carbocycles. The minimum atomic E-state index is -0.301. The zero-order valence-electron chi connectivity index (χ0n) is 13.3. The average Bonchev–Trinajstić information content (AvgIpc) is 3.19. The van der Waals surface area contributed by atoms with Crippen LogP contribution in [0.5, 0.6) is 0 Å². The Morgan fingerprint density at radius 3 is 2.75 bits per heavy atom. The van der Waals surface area contributed by atoms with Crippen molar-refractivity contribution in [3.05, 3.63) is 59.7 Å². The van der Waals surface area contributed by atoms with Gasteiger partial charge in [-0.25, -0.2) is 4.98 Å². The van der Waals surface area contributed by atoms with Gasteiger partial charge in [-0.2, -0.15) is 5.26 Å². The SMILES string of the molecule is N#Cc1ccccc1Cn1c(N2CCC(O)C2)nc2ccccc21. The molecule has 1 aliphatic heterocycles. The summed E-state index contributed by atoms with van der Waals surface area (Å²) in [7, 11) is 0. The third-order valence-electron chi connectivity index (χ3n) is 4.55. The number of β-amino-alcohol motifs (C(OH)–C–C–N with tert-alkyl or cyclic N) is 1. The van der Waals surface area contributed by atoms with Crippen LogP contribution in [0.2, 0.25) is 0 Å². The Balaban J connectivity index is 1.82. The highest BCUT2D eigenvalue weighted by molar-refractivity contribution is 5.79. The fraction of sp³-hybridized carbons (Fsp3) is 0.263. The second-order valence-electron chi connectivity index (χ2n) is 6.14. The average molecular weight is 318 g/mol. The van der Waals surface area contributed by atoms with Crippen LogP contribution in [0.1, 0.15) is 17.5 Å². The monoisotopic (exact) mass is 318 g/mol. The molecule has 4 rings (SSSR count). The van der Waals surface area contributed by atoms with Gasteiger partial charge in [0.15, 0.2) is 0 Å². The fourth-order valence-electron chi connectivity index (χ4n) is 3.32. The summed E-state index contributed by atoms with van der Waals surface area (Å²) in [5, 5.41) is 19.2. The predicted molar refractivity (Wildman–Crippen MR) is 92.8 cm³/mol. The normalized spacial score (nSPS) is 17.3. The van der Waals surface area contributed by atoms with Crippen molar-refractivity contribution in [1.82, 2.24) is 9.55 Å². The molecular formula is C19H18N4O. The summed E-state index contributed by atoms with van der Waals surface area (Å²) in [6.45, 7) is 1.99. The van der Waals surface area contributed by atoms with E-state index in [9.17, 15) is 10.4 Å². The quantitative estimate of drug-likeness (QED) is 0.806. The summed E-state index contributed by atoms with van der Waals surface area (Å²) in [6.07, 6.45) is 0.461. The van der Waals surface area contributed by atoms with Crippen LogP contribution in [0, 0.1) is 11.3 Å². The van der Waals surface area contributed by atoms with Crippen molar-refractivity contribution in [2.24, 2.45) is 0 Å². The maximum atomic E-state index is 9.88. The topological polar surface area (TPSA) is 65.1 Å². The van der Waals surface area contributed by atoms with Crippen molar-refractivity contribution >= 4 is 17.0 Å². The van der Waals surface area contributed by atoms with Crippen LogP contribution < -0.4 is 4.90 Å². The Labute approximate surface area is 140 Å². The number of hydrogen-bond donors (Lipinski definition) is 1. The van der Waals surface area contributed by atoms with Crippen LogP contribution in [0.3, 0.4) is 0 Å². The number of rotatable bonds is 3. The molecule has 1 atom stereocenters. The number of benzene rings is 2. The molecule has 5 heteroatoms. The van der Waals surface area contributed by atoms with Crippen LogP contribution >= 0.6 is 0 Å². The summed E-state index contributed by atoms with van der Waals surface area (Å²) in [6, 6.07) is 17.9. The van der Waals surface area contributed by atoms with Crippen molar-refractivity contribution < 1.29 is 5.11 Å². The molecule has 0 radical (unpaired) electrons. The minimum Gasteiger partial charge on any atom is -0.391 e. The number of nitrogens with zero attached hydrogens (tertiary/aromatic N) is 4. The van der Waals surface area contributed by atoms with Gasteiger partial charge in [0.05, 0.1) is 35.3 Å². The molecule has 0 spiro atoms. The number of aromatic nitrogens is 2. The molecule has 1 unspecified atom stereocenters. The Hall–Kier alpha value is -2.84. The van der Waals surface area contributed by atoms with Crippen molar-refractivity contribution in [1.29, 1.82) is 5.26 Å². The van der Waals surface area contributed by atoms with E-state index in [1.54, 1.807) is 0 Å². The van der Waals surface area contributed by atoms with E-state index in [-0.39, 0.29) is 6.10 Å².